The second-order valence-corrected chi connectivity index (χ2v) is 10.1. The smallest absolute Gasteiger partial charge is 0.325 e. The van der Waals surface area contributed by atoms with Crippen molar-refractivity contribution in [2.75, 3.05) is 11.9 Å². The van der Waals surface area contributed by atoms with Gasteiger partial charge in [0.2, 0.25) is 11.7 Å². The topological polar surface area (TPSA) is 113 Å². The molecule has 1 spiro atoms. The highest BCUT2D eigenvalue weighted by molar-refractivity contribution is 6.10. The monoisotopic (exact) mass is 451 g/mol. The maximum atomic E-state index is 13.2. The average Bonchev–Trinajstić information content (AvgIpc) is 3.23. The number of hydrogen-bond acceptors (Lipinski definition) is 5. The van der Waals surface area contributed by atoms with Crippen molar-refractivity contribution in [3.63, 3.8) is 0 Å². The molecule has 1 aromatic carbocycles. The lowest BCUT2D eigenvalue weighted by molar-refractivity contribution is -0.136. The van der Waals surface area contributed by atoms with E-state index in [9.17, 15) is 19.2 Å². The van der Waals surface area contributed by atoms with Crippen molar-refractivity contribution in [1.29, 1.82) is 0 Å². The number of carbonyl (C=O) groups excluding carboxylic acids is 4. The first-order valence-corrected chi connectivity index (χ1v) is 11.1. The molecule has 4 amide bonds. The summed E-state index contributed by atoms with van der Waals surface area (Å²) in [6.07, 6.45) is 5.35. The minimum Gasteiger partial charge on any atom is -0.331 e. The number of aryl methyl sites for hydroxylation is 1. The Morgan fingerprint density at radius 1 is 1.18 bits per heavy atom. The molecular formula is C24H29N5O4. The van der Waals surface area contributed by atoms with Gasteiger partial charge in [-0.1, -0.05) is 20.8 Å². The molecule has 1 aliphatic carbocycles. The molecule has 4 rings (SSSR count). The van der Waals surface area contributed by atoms with E-state index in [1.807, 2.05) is 0 Å². The Labute approximate surface area is 192 Å². The van der Waals surface area contributed by atoms with Crippen LogP contribution in [0.25, 0.3) is 0 Å². The molecule has 174 valence electrons. The number of imidazole rings is 1. The van der Waals surface area contributed by atoms with Gasteiger partial charge in [-0.15, -0.1) is 0 Å². The number of nitrogens with one attached hydrogen (secondary N) is 2. The van der Waals surface area contributed by atoms with Gasteiger partial charge in [0, 0.05) is 30.7 Å². The number of benzene rings is 1. The van der Waals surface area contributed by atoms with Crippen LogP contribution in [-0.2, 0) is 16.6 Å². The standard InChI is InChI=1S/C24H29N5O4/c1-15-11-23(2,3)14-24(12-15)21(32)29(22(33)27-24)13-18(30)26-17-7-5-16(6-8-17)19(31)20-25-9-10-28(20)4/h5-10,15H,11-14H2,1-4H3,(H,26,30)(H,27,33)/t15-,24+/m0/s1. The molecule has 1 aromatic heterocycles. The predicted octanol–water partition coefficient (Wildman–Crippen LogP) is 2.73. The summed E-state index contributed by atoms with van der Waals surface area (Å²) < 4.78 is 1.64. The van der Waals surface area contributed by atoms with Gasteiger partial charge >= 0.3 is 6.03 Å². The Morgan fingerprint density at radius 2 is 1.88 bits per heavy atom. The number of amides is 4. The number of urea groups is 1. The van der Waals surface area contributed by atoms with E-state index in [0.717, 1.165) is 11.3 Å². The van der Waals surface area contributed by atoms with Crippen LogP contribution in [-0.4, -0.2) is 50.2 Å². The Balaban J connectivity index is 1.41. The first-order chi connectivity index (χ1) is 15.5. The van der Waals surface area contributed by atoms with E-state index in [0.29, 0.717) is 35.8 Å². The summed E-state index contributed by atoms with van der Waals surface area (Å²) in [4.78, 5) is 56.0. The van der Waals surface area contributed by atoms with Crippen molar-refractivity contribution >= 4 is 29.3 Å². The highest BCUT2D eigenvalue weighted by atomic mass is 16.2. The largest absolute Gasteiger partial charge is 0.331 e. The summed E-state index contributed by atoms with van der Waals surface area (Å²) in [7, 11) is 1.74. The number of nitrogens with zero attached hydrogens (tertiary/aromatic N) is 3. The predicted molar refractivity (Wildman–Crippen MR) is 121 cm³/mol. The second-order valence-electron chi connectivity index (χ2n) is 10.1. The summed E-state index contributed by atoms with van der Waals surface area (Å²) in [6.45, 7) is 5.91. The molecule has 0 bridgehead atoms. The highest BCUT2D eigenvalue weighted by Crippen LogP contribution is 2.46. The molecule has 2 aliphatic rings. The number of anilines is 1. The highest BCUT2D eigenvalue weighted by Gasteiger charge is 2.56. The first-order valence-electron chi connectivity index (χ1n) is 11.1. The van der Waals surface area contributed by atoms with Crippen molar-refractivity contribution < 1.29 is 19.2 Å². The van der Waals surface area contributed by atoms with Gasteiger partial charge in [-0.05, 0) is 54.9 Å². The third-order valence-electron chi connectivity index (χ3n) is 6.38. The maximum absolute atomic E-state index is 13.2. The summed E-state index contributed by atoms with van der Waals surface area (Å²) in [6, 6.07) is 5.87. The van der Waals surface area contributed by atoms with E-state index in [-0.39, 0.29) is 23.7 Å². The Bertz CT molecular complexity index is 1120. The lowest BCUT2D eigenvalue weighted by Gasteiger charge is -2.43. The van der Waals surface area contributed by atoms with Gasteiger partial charge in [0.1, 0.15) is 12.1 Å². The average molecular weight is 452 g/mol. The Kier molecular flexibility index (Phi) is 5.59. The van der Waals surface area contributed by atoms with Crippen LogP contribution in [0.15, 0.2) is 36.7 Å². The van der Waals surface area contributed by atoms with Crippen LogP contribution < -0.4 is 10.6 Å². The Hall–Kier alpha value is -3.49. The van der Waals surface area contributed by atoms with Gasteiger partial charge in [0.15, 0.2) is 5.82 Å². The van der Waals surface area contributed by atoms with Gasteiger partial charge in [0.25, 0.3) is 5.91 Å². The molecule has 2 heterocycles. The number of rotatable bonds is 5. The first kappa shape index (κ1) is 22.7. The molecule has 2 fully saturated rings. The molecule has 1 aliphatic heterocycles. The van der Waals surface area contributed by atoms with E-state index < -0.39 is 17.5 Å². The number of ketones is 1. The third-order valence-corrected chi connectivity index (χ3v) is 6.38. The minimum atomic E-state index is -0.939. The van der Waals surface area contributed by atoms with Crippen LogP contribution in [0.4, 0.5) is 10.5 Å². The zero-order valence-corrected chi connectivity index (χ0v) is 19.3. The number of aromatic nitrogens is 2. The second kappa shape index (κ2) is 8.13. The van der Waals surface area contributed by atoms with Crippen LogP contribution in [0.1, 0.15) is 56.2 Å². The fourth-order valence-corrected chi connectivity index (χ4v) is 5.41. The van der Waals surface area contributed by atoms with Crippen LogP contribution >= 0.6 is 0 Å². The number of imide groups is 1. The molecule has 2 N–H and O–H groups in total. The maximum Gasteiger partial charge on any atom is 0.325 e. The van der Waals surface area contributed by atoms with Gasteiger partial charge in [-0.2, -0.15) is 0 Å². The normalized spacial score (nSPS) is 24.1. The van der Waals surface area contributed by atoms with Crippen LogP contribution in [0.5, 0.6) is 0 Å². The SMILES string of the molecule is C[C@H]1CC(C)(C)C[C@@]2(C1)NC(=O)N(CC(=O)Nc1ccc(C(=O)c3nccn3C)cc1)C2=O. The Morgan fingerprint density at radius 3 is 2.48 bits per heavy atom. The molecule has 0 unspecified atom stereocenters. The van der Waals surface area contributed by atoms with E-state index in [1.165, 1.54) is 0 Å². The van der Waals surface area contributed by atoms with E-state index in [1.54, 1.807) is 48.3 Å². The van der Waals surface area contributed by atoms with Crippen molar-refractivity contribution in [2.24, 2.45) is 18.4 Å². The molecule has 2 aromatic rings. The van der Waals surface area contributed by atoms with Crippen LogP contribution in [0.2, 0.25) is 0 Å². The van der Waals surface area contributed by atoms with Crippen LogP contribution in [0, 0.1) is 11.3 Å². The molecule has 9 heteroatoms. The molecule has 1 saturated heterocycles. The van der Waals surface area contributed by atoms with Gasteiger partial charge in [-0.3, -0.25) is 19.3 Å². The van der Waals surface area contributed by atoms with E-state index in [2.05, 4.69) is 36.4 Å². The lowest BCUT2D eigenvalue weighted by atomic mass is 9.64. The zero-order valence-electron chi connectivity index (χ0n) is 19.3. The van der Waals surface area contributed by atoms with Crippen LogP contribution in [0.3, 0.4) is 0 Å². The minimum absolute atomic E-state index is 0.0764. The molecule has 9 nitrogen and oxygen atoms in total. The summed E-state index contributed by atoms with van der Waals surface area (Å²) in [5, 5.41) is 5.57. The number of carbonyl (C=O) groups is 4. The summed E-state index contributed by atoms with van der Waals surface area (Å²) >= 11 is 0. The van der Waals surface area contributed by atoms with Gasteiger partial charge < -0.3 is 15.2 Å². The molecule has 1 saturated carbocycles. The quantitative estimate of drug-likeness (QED) is 0.536. The van der Waals surface area contributed by atoms with E-state index in [4.69, 9.17) is 0 Å². The molecule has 0 radical (unpaired) electrons. The summed E-state index contributed by atoms with van der Waals surface area (Å²) in [5.41, 5.74) is -0.114. The lowest BCUT2D eigenvalue weighted by Crippen LogP contribution is -2.54. The van der Waals surface area contributed by atoms with Crippen molar-refractivity contribution in [1.82, 2.24) is 19.8 Å². The van der Waals surface area contributed by atoms with Gasteiger partial charge in [0.05, 0.1) is 0 Å². The van der Waals surface area contributed by atoms with E-state index >= 15 is 0 Å². The number of hydrogen-bond donors (Lipinski definition) is 2. The summed E-state index contributed by atoms with van der Waals surface area (Å²) in [5.74, 6) is -0.437. The third kappa shape index (κ3) is 4.40. The van der Waals surface area contributed by atoms with Crippen molar-refractivity contribution in [3.8, 4) is 0 Å². The fraction of sp³-hybridized carbons (Fsp3) is 0.458. The fourth-order valence-electron chi connectivity index (χ4n) is 5.41. The van der Waals surface area contributed by atoms with Crippen molar-refractivity contribution in [3.05, 3.63) is 48.0 Å². The molecule has 33 heavy (non-hydrogen) atoms. The van der Waals surface area contributed by atoms with Gasteiger partial charge in [-0.25, -0.2) is 9.78 Å². The molecular weight excluding hydrogens is 422 g/mol. The van der Waals surface area contributed by atoms with Crippen molar-refractivity contribution in [2.45, 2.75) is 45.6 Å². The molecule has 2 atom stereocenters. The zero-order chi connectivity index (χ0) is 24.0.